The van der Waals surface area contributed by atoms with Gasteiger partial charge in [-0.25, -0.2) is 4.79 Å². The minimum Gasteiger partial charge on any atom is -0.507 e. The molecule has 3 nitrogen and oxygen atoms in total. The molecule has 2 aromatic rings. The monoisotopic (exact) mass is 548 g/mol. The number of carbonyl (C=O) groups excluding carboxylic acids is 1. The first-order chi connectivity index (χ1) is 18.4. The summed E-state index contributed by atoms with van der Waals surface area (Å²) in [6.07, 6.45) is 3.19. The smallest absolute Gasteiger partial charge is 0.335 e. The maximum atomic E-state index is 12.7. The van der Waals surface area contributed by atoms with Crippen molar-refractivity contribution < 1.29 is 14.6 Å². The number of rotatable bonds is 12. The Balaban J connectivity index is 3.05. The predicted octanol–water partition coefficient (Wildman–Crippen LogP) is 10.5. The van der Waals surface area contributed by atoms with Crippen molar-refractivity contribution in [2.75, 3.05) is 0 Å². The van der Waals surface area contributed by atoms with Crippen LogP contribution in [0.25, 0.3) is 0 Å². The Morgan fingerprint density at radius 3 is 1.60 bits per heavy atom. The molecule has 0 spiro atoms. The molecule has 0 aromatic heterocycles. The van der Waals surface area contributed by atoms with Gasteiger partial charge in [-0.05, 0) is 69.6 Å². The van der Waals surface area contributed by atoms with Crippen LogP contribution in [0.2, 0.25) is 0 Å². The lowest BCUT2D eigenvalue weighted by Gasteiger charge is -2.32. The van der Waals surface area contributed by atoms with E-state index in [1.54, 1.807) is 0 Å². The van der Waals surface area contributed by atoms with E-state index in [-0.39, 0.29) is 28.6 Å². The number of ether oxygens (including phenoxy) is 1. The summed E-state index contributed by atoms with van der Waals surface area (Å²) in [7, 11) is 0. The molecule has 3 atom stereocenters. The van der Waals surface area contributed by atoms with Crippen molar-refractivity contribution in [3.63, 3.8) is 0 Å². The number of carbonyl (C=O) groups is 1. The third-order valence-corrected chi connectivity index (χ3v) is 9.93. The van der Waals surface area contributed by atoms with Crippen molar-refractivity contribution in [2.45, 2.75) is 131 Å². The molecule has 1 N–H and O–H groups in total. The normalized spacial score (nSPS) is 14.8. The van der Waals surface area contributed by atoms with Crippen LogP contribution >= 0.6 is 0 Å². The summed E-state index contributed by atoms with van der Waals surface area (Å²) in [5, 5.41) is 11.8. The van der Waals surface area contributed by atoms with E-state index in [0.717, 1.165) is 35.1 Å². The quantitative estimate of drug-likeness (QED) is 0.163. The number of aromatic hydroxyl groups is 1. The van der Waals surface area contributed by atoms with Gasteiger partial charge in [-0.3, -0.25) is 0 Å². The SMILES string of the molecule is C=CC(=O)Oc1c(C(C)c2cc(C(C)(C)CC)cc(C(C)C(C)C)c2O)cc(C(C)(C)CC)cc1C(C)C(C)C. The number of phenols is 1. The van der Waals surface area contributed by atoms with Crippen LogP contribution in [-0.2, 0) is 15.6 Å². The average Bonchev–Trinajstić information content (AvgIpc) is 2.91. The van der Waals surface area contributed by atoms with Crippen molar-refractivity contribution in [2.24, 2.45) is 11.8 Å². The molecule has 0 heterocycles. The summed E-state index contributed by atoms with van der Waals surface area (Å²) in [4.78, 5) is 12.7. The van der Waals surface area contributed by atoms with Gasteiger partial charge < -0.3 is 9.84 Å². The van der Waals surface area contributed by atoms with Gasteiger partial charge >= 0.3 is 5.97 Å². The minimum atomic E-state index is -0.465. The molecular weight excluding hydrogens is 492 g/mol. The lowest BCUT2D eigenvalue weighted by molar-refractivity contribution is -0.129. The van der Waals surface area contributed by atoms with Crippen molar-refractivity contribution in [1.82, 2.24) is 0 Å². The van der Waals surface area contributed by atoms with E-state index < -0.39 is 5.97 Å². The Morgan fingerprint density at radius 1 is 0.775 bits per heavy atom. The third kappa shape index (κ3) is 7.01. The molecule has 0 bridgehead atoms. The van der Waals surface area contributed by atoms with Gasteiger partial charge in [0.2, 0.25) is 0 Å². The summed E-state index contributed by atoms with van der Waals surface area (Å²) in [6, 6.07) is 8.83. The van der Waals surface area contributed by atoms with Crippen LogP contribution in [-0.4, -0.2) is 11.1 Å². The molecule has 40 heavy (non-hydrogen) atoms. The highest BCUT2D eigenvalue weighted by Gasteiger charge is 2.31. The molecule has 2 rings (SSSR count). The molecule has 0 saturated heterocycles. The second-order valence-corrected chi connectivity index (χ2v) is 13.9. The molecule has 0 radical (unpaired) electrons. The Hall–Kier alpha value is -2.55. The Bertz CT molecular complexity index is 1200. The van der Waals surface area contributed by atoms with Gasteiger partial charge in [0.15, 0.2) is 0 Å². The number of phenolic OH excluding ortho intramolecular Hbond substituents is 1. The van der Waals surface area contributed by atoms with Crippen molar-refractivity contribution in [1.29, 1.82) is 0 Å². The number of hydrogen-bond acceptors (Lipinski definition) is 3. The van der Waals surface area contributed by atoms with Crippen LogP contribution < -0.4 is 4.74 Å². The highest BCUT2D eigenvalue weighted by atomic mass is 16.5. The fourth-order valence-electron chi connectivity index (χ4n) is 5.03. The van der Waals surface area contributed by atoms with Gasteiger partial charge in [-0.2, -0.15) is 0 Å². The summed E-state index contributed by atoms with van der Waals surface area (Å²) in [5.41, 5.74) is 6.17. The van der Waals surface area contributed by atoms with Gasteiger partial charge in [0.25, 0.3) is 0 Å². The molecule has 0 fully saturated rings. The molecular formula is C37H56O3. The Labute approximate surface area is 245 Å². The predicted molar refractivity (Wildman–Crippen MR) is 171 cm³/mol. The molecule has 0 aliphatic heterocycles. The van der Waals surface area contributed by atoms with E-state index in [4.69, 9.17) is 4.74 Å². The first kappa shape index (κ1) is 33.7. The Morgan fingerprint density at radius 2 is 1.18 bits per heavy atom. The first-order valence-corrected chi connectivity index (χ1v) is 15.3. The molecule has 2 aromatic carbocycles. The average molecular weight is 549 g/mol. The van der Waals surface area contributed by atoms with E-state index in [9.17, 15) is 9.90 Å². The van der Waals surface area contributed by atoms with Crippen LogP contribution in [0.4, 0.5) is 0 Å². The maximum Gasteiger partial charge on any atom is 0.335 e. The third-order valence-electron chi connectivity index (χ3n) is 9.93. The van der Waals surface area contributed by atoms with Crippen molar-refractivity contribution >= 4 is 5.97 Å². The minimum absolute atomic E-state index is 0.0465. The van der Waals surface area contributed by atoms with E-state index in [2.05, 4.69) is 121 Å². The van der Waals surface area contributed by atoms with E-state index >= 15 is 0 Å². The lowest BCUT2D eigenvalue weighted by Crippen LogP contribution is -2.20. The molecule has 0 aliphatic rings. The summed E-state index contributed by atoms with van der Waals surface area (Å²) in [6.45, 7) is 32.5. The summed E-state index contributed by atoms with van der Waals surface area (Å²) < 4.78 is 6.08. The Kier molecular flexibility index (Phi) is 10.9. The van der Waals surface area contributed by atoms with Gasteiger partial charge in [0.1, 0.15) is 11.5 Å². The van der Waals surface area contributed by atoms with E-state index in [0.29, 0.717) is 23.3 Å². The van der Waals surface area contributed by atoms with Crippen LogP contribution in [0.5, 0.6) is 11.5 Å². The molecule has 0 saturated carbocycles. The fraction of sp³-hybridized carbons (Fsp3) is 0.595. The van der Waals surface area contributed by atoms with Crippen LogP contribution in [0, 0.1) is 11.8 Å². The number of hydrogen-bond donors (Lipinski definition) is 1. The molecule has 0 amide bonds. The second kappa shape index (κ2) is 13.0. The number of benzene rings is 2. The molecule has 0 aliphatic carbocycles. The van der Waals surface area contributed by atoms with Gasteiger partial charge in [-0.1, -0.05) is 121 Å². The van der Waals surface area contributed by atoms with E-state index in [1.807, 2.05) is 0 Å². The largest absolute Gasteiger partial charge is 0.507 e. The fourth-order valence-corrected chi connectivity index (χ4v) is 5.03. The zero-order chi connectivity index (χ0) is 30.7. The van der Waals surface area contributed by atoms with Crippen molar-refractivity contribution in [3.8, 4) is 11.5 Å². The maximum absolute atomic E-state index is 12.7. The number of esters is 1. The van der Waals surface area contributed by atoms with Gasteiger partial charge in [0.05, 0.1) is 0 Å². The lowest BCUT2D eigenvalue weighted by atomic mass is 9.74. The second-order valence-electron chi connectivity index (χ2n) is 13.9. The van der Waals surface area contributed by atoms with Crippen LogP contribution in [0.15, 0.2) is 36.9 Å². The molecule has 222 valence electrons. The summed E-state index contributed by atoms with van der Waals surface area (Å²) in [5.74, 6) is 1.38. The van der Waals surface area contributed by atoms with Gasteiger partial charge in [0, 0.05) is 23.1 Å². The van der Waals surface area contributed by atoms with E-state index in [1.165, 1.54) is 17.2 Å². The van der Waals surface area contributed by atoms with Gasteiger partial charge in [-0.15, -0.1) is 0 Å². The topological polar surface area (TPSA) is 46.5 Å². The molecule has 3 heteroatoms. The first-order valence-electron chi connectivity index (χ1n) is 15.3. The summed E-state index contributed by atoms with van der Waals surface area (Å²) >= 11 is 0. The highest BCUT2D eigenvalue weighted by molar-refractivity contribution is 5.84. The zero-order valence-corrected chi connectivity index (χ0v) is 27.7. The standard InChI is InChI=1S/C37H56O3/c1-15-33(38)40-35-31(25(9)23(6)7)20-28(37(13,14)17-3)21-32(35)26(10)30-19-27(36(11,12)16-2)18-29(34(30)39)24(8)22(4)5/h15,18-26,39H,1,16-17H2,2-14H3. The zero-order valence-electron chi connectivity index (χ0n) is 27.7. The van der Waals surface area contributed by atoms with Crippen molar-refractivity contribution in [3.05, 3.63) is 70.3 Å². The van der Waals surface area contributed by atoms with Crippen LogP contribution in [0.3, 0.4) is 0 Å². The molecule has 3 unspecified atom stereocenters. The van der Waals surface area contributed by atoms with Crippen LogP contribution in [0.1, 0.15) is 154 Å². The highest BCUT2D eigenvalue weighted by Crippen LogP contribution is 2.47.